The van der Waals surface area contributed by atoms with E-state index < -0.39 is 0 Å². The van der Waals surface area contributed by atoms with Gasteiger partial charge >= 0.3 is 0 Å². The number of nitrogens with one attached hydrogen (secondary N) is 2. The lowest BCUT2D eigenvalue weighted by atomic mass is 10.1. The number of hydrogen-bond acceptors (Lipinski definition) is 3. The minimum Gasteiger partial charge on any atom is -0.496 e. The molecule has 2 rings (SSSR count). The summed E-state index contributed by atoms with van der Waals surface area (Å²) in [4.78, 5) is 4.07. The maximum Gasteiger partial charge on any atom is 0.166 e. The van der Waals surface area contributed by atoms with Crippen LogP contribution >= 0.6 is 28.1 Å². The van der Waals surface area contributed by atoms with Crippen LogP contribution in [0.3, 0.4) is 0 Å². The van der Waals surface area contributed by atoms with Gasteiger partial charge in [0.2, 0.25) is 0 Å². The molecule has 0 unspecified atom stereocenters. The van der Waals surface area contributed by atoms with Crippen molar-refractivity contribution in [2.45, 2.75) is 13.0 Å². The third kappa shape index (κ3) is 5.27. The second kappa shape index (κ2) is 8.70. The zero-order valence-corrected chi connectivity index (χ0v) is 14.7. The van der Waals surface area contributed by atoms with Crippen LogP contribution in [0.5, 0.6) is 5.75 Å². The molecule has 2 N–H and O–H groups in total. The van der Waals surface area contributed by atoms with Crippen LogP contribution in [0.2, 0.25) is 0 Å². The van der Waals surface area contributed by atoms with Crippen molar-refractivity contribution in [2.75, 3.05) is 13.7 Å². The lowest BCUT2D eigenvalue weighted by Crippen LogP contribution is -2.35. The minimum absolute atomic E-state index is 0.649. The van der Waals surface area contributed by atoms with E-state index in [9.17, 15) is 0 Å². The molecule has 6 heteroatoms. The number of aromatic nitrogens is 1. The summed E-state index contributed by atoms with van der Waals surface area (Å²) in [7, 11) is 1.66. The fourth-order valence-corrected chi connectivity index (χ4v) is 2.70. The molecule has 116 valence electrons. The SMILES string of the molecule is COc1ccc(CCNC(=S)NCc2cccnc2)cc1Br. The van der Waals surface area contributed by atoms with E-state index in [1.165, 1.54) is 5.56 Å². The van der Waals surface area contributed by atoms with Crippen LogP contribution < -0.4 is 15.4 Å². The lowest BCUT2D eigenvalue weighted by Gasteiger charge is -2.11. The van der Waals surface area contributed by atoms with E-state index in [4.69, 9.17) is 17.0 Å². The average Bonchev–Trinajstić information content (AvgIpc) is 2.54. The van der Waals surface area contributed by atoms with Gasteiger partial charge in [-0.2, -0.15) is 0 Å². The van der Waals surface area contributed by atoms with Crippen LogP contribution in [0.4, 0.5) is 0 Å². The quantitative estimate of drug-likeness (QED) is 0.755. The Morgan fingerprint density at radius 2 is 2.14 bits per heavy atom. The molecule has 2 aromatic rings. The molecule has 0 aliphatic rings. The van der Waals surface area contributed by atoms with Crippen molar-refractivity contribution in [1.82, 2.24) is 15.6 Å². The van der Waals surface area contributed by atoms with Crippen molar-refractivity contribution in [2.24, 2.45) is 0 Å². The van der Waals surface area contributed by atoms with Crippen molar-refractivity contribution in [3.8, 4) is 5.75 Å². The number of hydrogen-bond donors (Lipinski definition) is 2. The van der Waals surface area contributed by atoms with Gasteiger partial charge < -0.3 is 15.4 Å². The van der Waals surface area contributed by atoms with Crippen molar-refractivity contribution >= 4 is 33.3 Å². The topological polar surface area (TPSA) is 46.2 Å². The Labute approximate surface area is 144 Å². The van der Waals surface area contributed by atoms with E-state index in [1.807, 2.05) is 24.4 Å². The van der Waals surface area contributed by atoms with Crippen molar-refractivity contribution in [3.63, 3.8) is 0 Å². The molecule has 1 aromatic carbocycles. The third-order valence-corrected chi connectivity index (χ3v) is 4.00. The maximum absolute atomic E-state index is 5.26. The lowest BCUT2D eigenvalue weighted by molar-refractivity contribution is 0.412. The Morgan fingerprint density at radius 1 is 1.27 bits per heavy atom. The molecule has 0 aliphatic heterocycles. The van der Waals surface area contributed by atoms with Crippen molar-refractivity contribution in [3.05, 3.63) is 58.3 Å². The summed E-state index contributed by atoms with van der Waals surface area (Å²) in [6.07, 6.45) is 4.47. The molecule has 0 aliphatic carbocycles. The average molecular weight is 380 g/mol. The Kier molecular flexibility index (Phi) is 6.61. The molecule has 0 radical (unpaired) electrons. The van der Waals surface area contributed by atoms with Gasteiger partial charge in [0.05, 0.1) is 11.6 Å². The van der Waals surface area contributed by atoms with E-state index in [1.54, 1.807) is 13.3 Å². The molecule has 4 nitrogen and oxygen atoms in total. The number of thiocarbonyl (C=S) groups is 1. The highest BCUT2D eigenvalue weighted by Crippen LogP contribution is 2.25. The van der Waals surface area contributed by atoms with Crippen LogP contribution in [-0.4, -0.2) is 23.8 Å². The first-order valence-corrected chi connectivity index (χ1v) is 8.12. The highest BCUT2D eigenvalue weighted by molar-refractivity contribution is 9.10. The molecule has 0 saturated heterocycles. The standard InChI is InChI=1S/C16H18BrN3OS/c1-21-15-5-4-12(9-14(15)17)6-8-19-16(22)20-11-13-3-2-7-18-10-13/h2-5,7,9-10H,6,8,11H2,1H3,(H2,19,20,22). The second-order valence-electron chi connectivity index (χ2n) is 4.69. The van der Waals surface area contributed by atoms with Gasteiger partial charge in [0.15, 0.2) is 5.11 Å². The molecule has 0 saturated carbocycles. The Balaban J connectivity index is 1.72. The highest BCUT2D eigenvalue weighted by Gasteiger charge is 2.02. The van der Waals surface area contributed by atoms with E-state index in [2.05, 4.69) is 43.7 Å². The van der Waals surface area contributed by atoms with E-state index in [-0.39, 0.29) is 0 Å². The van der Waals surface area contributed by atoms with Gasteiger partial charge in [-0.15, -0.1) is 0 Å². The zero-order valence-electron chi connectivity index (χ0n) is 12.3. The van der Waals surface area contributed by atoms with E-state index >= 15 is 0 Å². The summed E-state index contributed by atoms with van der Waals surface area (Å²) in [5.74, 6) is 0.838. The number of pyridine rings is 1. The van der Waals surface area contributed by atoms with Crippen LogP contribution in [0.15, 0.2) is 47.2 Å². The van der Waals surface area contributed by atoms with Gasteiger partial charge in [0.1, 0.15) is 5.75 Å². The van der Waals surface area contributed by atoms with Gasteiger partial charge in [-0.1, -0.05) is 12.1 Å². The number of rotatable bonds is 6. The predicted octanol–water partition coefficient (Wildman–Crippen LogP) is 3.06. The monoisotopic (exact) mass is 379 g/mol. The number of methoxy groups -OCH3 is 1. The first-order valence-electron chi connectivity index (χ1n) is 6.92. The Hall–Kier alpha value is -1.66. The fraction of sp³-hybridized carbons (Fsp3) is 0.250. The largest absolute Gasteiger partial charge is 0.496 e. The van der Waals surface area contributed by atoms with Gasteiger partial charge in [0.25, 0.3) is 0 Å². The van der Waals surface area contributed by atoms with Crippen molar-refractivity contribution < 1.29 is 4.74 Å². The summed E-state index contributed by atoms with van der Waals surface area (Å²) in [6, 6.07) is 9.99. The number of ether oxygens (including phenoxy) is 1. The molecule has 0 amide bonds. The maximum atomic E-state index is 5.26. The van der Waals surface area contributed by atoms with Crippen LogP contribution in [-0.2, 0) is 13.0 Å². The molecule has 22 heavy (non-hydrogen) atoms. The zero-order chi connectivity index (χ0) is 15.8. The van der Waals surface area contributed by atoms with Crippen molar-refractivity contribution in [1.29, 1.82) is 0 Å². The second-order valence-corrected chi connectivity index (χ2v) is 5.95. The molecular weight excluding hydrogens is 362 g/mol. The van der Waals surface area contributed by atoms with Crippen LogP contribution in [0, 0.1) is 0 Å². The summed E-state index contributed by atoms with van der Waals surface area (Å²) in [5.41, 5.74) is 2.32. The minimum atomic E-state index is 0.649. The van der Waals surface area contributed by atoms with Gasteiger partial charge in [-0.05, 0) is 63.9 Å². The van der Waals surface area contributed by atoms with Gasteiger partial charge in [-0.25, -0.2) is 0 Å². The Morgan fingerprint density at radius 3 is 2.82 bits per heavy atom. The van der Waals surface area contributed by atoms with E-state index in [0.29, 0.717) is 11.7 Å². The number of benzene rings is 1. The van der Waals surface area contributed by atoms with Gasteiger partial charge in [-0.3, -0.25) is 4.98 Å². The molecule has 0 spiro atoms. The fourth-order valence-electron chi connectivity index (χ4n) is 1.93. The van der Waals surface area contributed by atoms with Gasteiger partial charge in [0, 0.05) is 25.5 Å². The predicted molar refractivity (Wildman–Crippen MR) is 96.1 cm³/mol. The summed E-state index contributed by atoms with van der Waals surface area (Å²) in [5, 5.41) is 7.02. The van der Waals surface area contributed by atoms with E-state index in [0.717, 1.165) is 28.8 Å². The van der Waals surface area contributed by atoms with Crippen LogP contribution in [0.1, 0.15) is 11.1 Å². The highest BCUT2D eigenvalue weighted by atomic mass is 79.9. The number of nitrogens with zero attached hydrogens (tertiary/aromatic N) is 1. The molecule has 0 fully saturated rings. The summed E-state index contributed by atoms with van der Waals surface area (Å²) in [6.45, 7) is 1.45. The van der Waals surface area contributed by atoms with Crippen LogP contribution in [0.25, 0.3) is 0 Å². The molecule has 1 heterocycles. The molecule has 0 bridgehead atoms. The first-order chi connectivity index (χ1) is 10.7. The summed E-state index contributed by atoms with van der Waals surface area (Å²) < 4.78 is 6.18. The molecular formula is C16H18BrN3OS. The Bertz CT molecular complexity index is 622. The number of halogens is 1. The first kappa shape index (κ1) is 16.7. The molecule has 1 aromatic heterocycles. The molecule has 0 atom stereocenters. The third-order valence-electron chi connectivity index (χ3n) is 3.09. The smallest absolute Gasteiger partial charge is 0.166 e. The normalized spacial score (nSPS) is 10.1. The summed E-state index contributed by atoms with van der Waals surface area (Å²) >= 11 is 8.75.